The molecule has 1 aromatic rings. The molecule has 1 aromatic carbocycles. The van der Waals surface area contributed by atoms with Gasteiger partial charge in [0.15, 0.2) is 0 Å². The number of rotatable bonds is 5. The molecule has 0 saturated heterocycles. The minimum atomic E-state index is -0.415. The van der Waals surface area contributed by atoms with Crippen LogP contribution in [0, 0.1) is 5.92 Å². The lowest BCUT2D eigenvalue weighted by atomic mass is 10.1. The number of nitrogens with one attached hydrogen (secondary N) is 1. The summed E-state index contributed by atoms with van der Waals surface area (Å²) in [6.45, 7) is 0.119. The van der Waals surface area contributed by atoms with Gasteiger partial charge in [0.25, 0.3) is 11.8 Å². The number of hydrogen-bond acceptors (Lipinski definition) is 4. The summed E-state index contributed by atoms with van der Waals surface area (Å²) in [6, 6.07) is 6.53. The van der Waals surface area contributed by atoms with E-state index in [1.165, 1.54) is 0 Å². The van der Waals surface area contributed by atoms with Gasteiger partial charge in [0.2, 0.25) is 5.91 Å². The molecule has 1 aliphatic heterocycles. The van der Waals surface area contributed by atoms with Crippen molar-refractivity contribution in [3.8, 4) is 0 Å². The highest BCUT2D eigenvalue weighted by atomic mass is 16.2. The minimum absolute atomic E-state index is 0.0623. The molecule has 1 heterocycles. The summed E-state index contributed by atoms with van der Waals surface area (Å²) in [5, 5.41) is 2.81. The molecule has 110 valence electrons. The van der Waals surface area contributed by atoms with Crippen molar-refractivity contribution in [3.05, 3.63) is 35.4 Å². The lowest BCUT2D eigenvalue weighted by molar-refractivity contribution is -0.122. The van der Waals surface area contributed by atoms with Gasteiger partial charge in [-0.3, -0.25) is 19.3 Å². The Bertz CT molecular complexity index is 575. The van der Waals surface area contributed by atoms with Gasteiger partial charge in [-0.25, -0.2) is 0 Å². The molecule has 21 heavy (non-hydrogen) atoms. The van der Waals surface area contributed by atoms with E-state index in [1.54, 1.807) is 24.3 Å². The molecular weight excluding hydrogens is 270 g/mol. The maximum Gasteiger partial charge on any atom is 0.262 e. The zero-order chi connectivity index (χ0) is 15.0. The van der Waals surface area contributed by atoms with E-state index in [0.29, 0.717) is 23.6 Å². The number of nitrogens with zero attached hydrogens (tertiary/aromatic N) is 1. The second kappa shape index (κ2) is 5.29. The Morgan fingerprint density at radius 1 is 1.24 bits per heavy atom. The fraction of sp³-hybridized carbons (Fsp3) is 0.400. The Hall–Kier alpha value is -2.21. The van der Waals surface area contributed by atoms with Crippen LogP contribution in [0.4, 0.5) is 0 Å². The summed E-state index contributed by atoms with van der Waals surface area (Å²) in [4.78, 5) is 37.3. The smallest absolute Gasteiger partial charge is 0.262 e. The average molecular weight is 287 g/mol. The lowest BCUT2D eigenvalue weighted by Gasteiger charge is -2.19. The molecule has 6 heteroatoms. The molecule has 1 atom stereocenters. The molecule has 6 nitrogen and oxygen atoms in total. The number of carbonyl (C=O) groups excluding carboxylic acids is 3. The van der Waals surface area contributed by atoms with Gasteiger partial charge in [0.1, 0.15) is 6.54 Å². The minimum Gasteiger partial charge on any atom is -0.350 e. The van der Waals surface area contributed by atoms with Crippen molar-refractivity contribution >= 4 is 17.7 Å². The first-order valence-corrected chi connectivity index (χ1v) is 7.06. The number of benzene rings is 1. The molecule has 0 bridgehead atoms. The van der Waals surface area contributed by atoms with E-state index in [1.807, 2.05) is 0 Å². The van der Waals surface area contributed by atoms with Crippen LogP contribution in [0.25, 0.3) is 0 Å². The highest BCUT2D eigenvalue weighted by Gasteiger charge is 2.37. The summed E-state index contributed by atoms with van der Waals surface area (Å²) in [5.41, 5.74) is 6.34. The fourth-order valence-electron chi connectivity index (χ4n) is 2.65. The summed E-state index contributed by atoms with van der Waals surface area (Å²) in [5.74, 6) is -0.740. The molecule has 0 radical (unpaired) electrons. The summed E-state index contributed by atoms with van der Waals surface area (Å²) in [7, 11) is 0. The van der Waals surface area contributed by atoms with Crippen molar-refractivity contribution in [1.29, 1.82) is 0 Å². The van der Waals surface area contributed by atoms with Crippen molar-refractivity contribution < 1.29 is 14.4 Å². The molecule has 1 saturated carbocycles. The molecule has 0 aromatic heterocycles. The van der Waals surface area contributed by atoms with Crippen LogP contribution in [-0.2, 0) is 4.79 Å². The van der Waals surface area contributed by atoms with Crippen molar-refractivity contribution in [2.75, 3.05) is 13.1 Å². The highest BCUT2D eigenvalue weighted by molar-refractivity contribution is 6.22. The first-order chi connectivity index (χ1) is 10.1. The number of hydrogen-bond donors (Lipinski definition) is 2. The SMILES string of the molecule is NCC(NC(=O)CN1C(=O)c2ccccc2C1=O)C1CC1. The Balaban J connectivity index is 1.67. The quantitative estimate of drug-likeness (QED) is 0.753. The molecule has 3 N–H and O–H groups in total. The molecule has 1 fully saturated rings. The first kappa shape index (κ1) is 13.8. The van der Waals surface area contributed by atoms with Crippen LogP contribution in [0.3, 0.4) is 0 Å². The predicted molar refractivity (Wildman–Crippen MR) is 75.5 cm³/mol. The van der Waals surface area contributed by atoms with E-state index in [4.69, 9.17) is 5.73 Å². The van der Waals surface area contributed by atoms with Gasteiger partial charge in [-0.1, -0.05) is 12.1 Å². The largest absolute Gasteiger partial charge is 0.350 e. The second-order valence-corrected chi connectivity index (χ2v) is 5.49. The third-order valence-electron chi connectivity index (χ3n) is 3.97. The molecule has 3 amide bonds. The number of amides is 3. The Kier molecular flexibility index (Phi) is 3.47. The number of fused-ring (bicyclic) bond motifs is 1. The zero-order valence-electron chi connectivity index (χ0n) is 11.5. The fourth-order valence-corrected chi connectivity index (χ4v) is 2.65. The van der Waals surface area contributed by atoms with Crippen LogP contribution in [-0.4, -0.2) is 41.8 Å². The van der Waals surface area contributed by atoms with Gasteiger partial charge in [-0.15, -0.1) is 0 Å². The number of nitrogens with two attached hydrogens (primary N) is 1. The van der Waals surface area contributed by atoms with Crippen LogP contribution in [0.2, 0.25) is 0 Å². The molecule has 0 spiro atoms. The number of carbonyl (C=O) groups is 3. The molecule has 2 aliphatic rings. The summed E-state index contributed by atoms with van der Waals surface area (Å²) >= 11 is 0. The van der Waals surface area contributed by atoms with Crippen LogP contribution in [0.1, 0.15) is 33.6 Å². The highest BCUT2D eigenvalue weighted by Crippen LogP contribution is 2.32. The van der Waals surface area contributed by atoms with Crippen LogP contribution < -0.4 is 11.1 Å². The topological polar surface area (TPSA) is 92.5 Å². The maximum atomic E-state index is 12.1. The van der Waals surface area contributed by atoms with Crippen LogP contribution in [0.15, 0.2) is 24.3 Å². The van der Waals surface area contributed by atoms with E-state index in [-0.39, 0.29) is 18.5 Å². The summed E-state index contributed by atoms with van der Waals surface area (Å²) in [6.07, 6.45) is 2.13. The van der Waals surface area contributed by atoms with E-state index in [9.17, 15) is 14.4 Å². The first-order valence-electron chi connectivity index (χ1n) is 7.06. The van der Waals surface area contributed by atoms with Gasteiger partial charge in [0, 0.05) is 12.6 Å². The molecule has 3 rings (SSSR count). The standard InChI is InChI=1S/C15H17N3O3/c16-7-12(9-5-6-9)17-13(19)8-18-14(20)10-3-1-2-4-11(10)15(18)21/h1-4,9,12H,5-8,16H2,(H,17,19). The predicted octanol–water partition coefficient (Wildman–Crippen LogP) is 0.136. The summed E-state index contributed by atoms with van der Waals surface area (Å²) < 4.78 is 0. The third kappa shape index (κ3) is 2.54. The van der Waals surface area contributed by atoms with Crippen LogP contribution in [0.5, 0.6) is 0 Å². The van der Waals surface area contributed by atoms with Crippen molar-refractivity contribution in [3.63, 3.8) is 0 Å². The van der Waals surface area contributed by atoms with Crippen molar-refractivity contribution in [2.45, 2.75) is 18.9 Å². The second-order valence-electron chi connectivity index (χ2n) is 5.49. The van der Waals surface area contributed by atoms with E-state index >= 15 is 0 Å². The molecular formula is C15H17N3O3. The van der Waals surface area contributed by atoms with Gasteiger partial charge in [0.05, 0.1) is 11.1 Å². The molecule has 1 unspecified atom stereocenters. The van der Waals surface area contributed by atoms with Gasteiger partial charge in [-0.05, 0) is 30.9 Å². The Labute approximate surface area is 122 Å². The van der Waals surface area contributed by atoms with Crippen molar-refractivity contribution in [2.24, 2.45) is 11.7 Å². The van der Waals surface area contributed by atoms with Crippen molar-refractivity contribution in [1.82, 2.24) is 10.2 Å². The normalized spacial score (nSPS) is 18.6. The number of imide groups is 1. The van der Waals surface area contributed by atoms with Gasteiger partial charge >= 0.3 is 0 Å². The maximum absolute atomic E-state index is 12.1. The Morgan fingerprint density at radius 3 is 2.29 bits per heavy atom. The van der Waals surface area contributed by atoms with E-state index in [2.05, 4.69) is 5.32 Å². The van der Waals surface area contributed by atoms with E-state index in [0.717, 1.165) is 17.7 Å². The van der Waals surface area contributed by atoms with Gasteiger partial charge in [-0.2, -0.15) is 0 Å². The molecule has 1 aliphatic carbocycles. The van der Waals surface area contributed by atoms with Gasteiger partial charge < -0.3 is 11.1 Å². The van der Waals surface area contributed by atoms with Crippen LogP contribution >= 0.6 is 0 Å². The lowest BCUT2D eigenvalue weighted by Crippen LogP contribution is -2.47. The third-order valence-corrected chi connectivity index (χ3v) is 3.97. The zero-order valence-corrected chi connectivity index (χ0v) is 11.5. The van der Waals surface area contributed by atoms with E-state index < -0.39 is 11.8 Å². The monoisotopic (exact) mass is 287 g/mol. The Morgan fingerprint density at radius 2 is 1.81 bits per heavy atom. The average Bonchev–Trinajstić information content (AvgIpc) is 3.30.